The second kappa shape index (κ2) is 13.8. The minimum absolute atomic E-state index is 0.584. The molecular weight excluding hydrogens is 807 g/mol. The highest BCUT2D eigenvalue weighted by Gasteiger charge is 2.54. The molecule has 0 radical (unpaired) electrons. The molecule has 0 aromatic heterocycles. The molecule has 65 heavy (non-hydrogen) atoms. The van der Waals surface area contributed by atoms with Crippen molar-refractivity contribution < 1.29 is 4.74 Å². The quantitative estimate of drug-likeness (QED) is 0.175. The van der Waals surface area contributed by atoms with Crippen LogP contribution in [0, 0.1) is 0 Å². The maximum absolute atomic E-state index is 6.75. The summed E-state index contributed by atoms with van der Waals surface area (Å²) in [5.41, 5.74) is 19.6. The monoisotopic (exact) mass is 845 g/mol. The van der Waals surface area contributed by atoms with Gasteiger partial charge in [-0.3, -0.25) is 0 Å². The second-order valence-corrected chi connectivity index (χ2v) is 18.5. The number of para-hydroxylation sites is 2. The Morgan fingerprint density at radius 1 is 0.323 bits per heavy atom. The van der Waals surface area contributed by atoms with E-state index in [1.54, 1.807) is 0 Å². The number of fused-ring (bicyclic) bond motifs is 18. The summed E-state index contributed by atoms with van der Waals surface area (Å²) in [6.45, 7) is 0. The summed E-state index contributed by atoms with van der Waals surface area (Å²) in [6, 6.07) is 87.6. The second-order valence-electron chi connectivity index (χ2n) is 17.4. The zero-order chi connectivity index (χ0) is 42.7. The van der Waals surface area contributed by atoms with Crippen molar-refractivity contribution in [1.82, 2.24) is 0 Å². The van der Waals surface area contributed by atoms with E-state index in [2.05, 4.69) is 241 Å². The molecule has 2 nitrogen and oxygen atoms in total. The number of hydrogen-bond acceptors (Lipinski definition) is 3. The SMILES string of the molecule is c1ccc(-c2ccc(N(c3cccc4c3-c3ccccc3C43c4ccccc4Oc4ccccc43)c3cccc4c3C3(c5ccccc5Sc5ccccc53)c3ccccc3-4)cc2)cc1. The fourth-order valence-electron chi connectivity index (χ4n) is 12.0. The third-order valence-electron chi connectivity index (χ3n) is 14.4. The Morgan fingerprint density at radius 2 is 0.800 bits per heavy atom. The van der Waals surface area contributed by atoms with Gasteiger partial charge in [0.15, 0.2) is 0 Å². The van der Waals surface area contributed by atoms with Crippen molar-refractivity contribution in [1.29, 1.82) is 0 Å². The smallest absolute Gasteiger partial charge is 0.132 e. The summed E-state index contributed by atoms with van der Waals surface area (Å²) >= 11 is 1.89. The normalized spacial score (nSPS) is 14.5. The van der Waals surface area contributed by atoms with E-state index < -0.39 is 10.8 Å². The molecule has 2 heterocycles. The van der Waals surface area contributed by atoms with E-state index in [0.29, 0.717) is 0 Å². The van der Waals surface area contributed by atoms with Crippen LogP contribution in [-0.4, -0.2) is 0 Å². The summed E-state index contributed by atoms with van der Waals surface area (Å²) < 4.78 is 6.75. The lowest BCUT2D eigenvalue weighted by molar-refractivity contribution is 0.436. The van der Waals surface area contributed by atoms with E-state index in [4.69, 9.17) is 4.74 Å². The Morgan fingerprint density at radius 3 is 1.48 bits per heavy atom. The maximum Gasteiger partial charge on any atom is 0.132 e. The molecule has 2 aliphatic carbocycles. The van der Waals surface area contributed by atoms with E-state index in [0.717, 1.165) is 39.7 Å². The first kappa shape index (κ1) is 36.6. The number of hydrogen-bond donors (Lipinski definition) is 0. The predicted octanol–water partition coefficient (Wildman–Crippen LogP) is 16.1. The first-order valence-corrected chi connectivity index (χ1v) is 23.2. The fourth-order valence-corrected chi connectivity index (χ4v) is 13.2. The first-order chi connectivity index (χ1) is 32.3. The summed E-state index contributed by atoms with van der Waals surface area (Å²) in [4.78, 5) is 5.16. The molecule has 4 aliphatic rings. The zero-order valence-electron chi connectivity index (χ0n) is 35.3. The van der Waals surface area contributed by atoms with Crippen LogP contribution < -0.4 is 9.64 Å². The molecule has 0 N–H and O–H groups in total. The van der Waals surface area contributed by atoms with Gasteiger partial charge in [0.25, 0.3) is 0 Å². The number of benzene rings is 10. The minimum atomic E-state index is -0.606. The number of rotatable bonds is 4. The lowest BCUT2D eigenvalue weighted by atomic mass is 9.66. The van der Waals surface area contributed by atoms with Gasteiger partial charge in [0.05, 0.1) is 22.2 Å². The minimum Gasteiger partial charge on any atom is -0.457 e. The van der Waals surface area contributed by atoms with Crippen molar-refractivity contribution in [3.8, 4) is 44.9 Å². The van der Waals surface area contributed by atoms with Crippen molar-refractivity contribution >= 4 is 28.8 Å². The standard InChI is InChI=1S/C62H39NOS/c1-2-18-40(19-3-1)41-36-38-42(39-37-41)63(53-30-17-29-52-59(53)45-21-5-7-24-47(45)61(52)48-25-8-12-32-55(48)64-56-33-13-9-26-49(56)61)54-31-16-22-44-43-20-4-6-23-46(43)62(60(44)54)50-27-10-14-34-57(50)65-58-35-15-11-28-51(58)62/h1-39H. The summed E-state index contributed by atoms with van der Waals surface area (Å²) in [5.74, 6) is 1.78. The third kappa shape index (κ3) is 4.86. The average molecular weight is 846 g/mol. The number of ether oxygens (including phenoxy) is 1. The van der Waals surface area contributed by atoms with Crippen molar-refractivity contribution in [3.05, 3.63) is 281 Å². The molecule has 0 saturated heterocycles. The van der Waals surface area contributed by atoms with Crippen molar-refractivity contribution in [3.63, 3.8) is 0 Å². The Bertz CT molecular complexity index is 3480. The summed E-state index contributed by atoms with van der Waals surface area (Å²) in [7, 11) is 0. The first-order valence-electron chi connectivity index (χ1n) is 22.4. The lowest BCUT2D eigenvalue weighted by Crippen LogP contribution is -2.33. The van der Waals surface area contributed by atoms with Crippen LogP contribution in [0.4, 0.5) is 17.1 Å². The van der Waals surface area contributed by atoms with E-state index in [9.17, 15) is 0 Å². The van der Waals surface area contributed by atoms with Crippen LogP contribution in [0.15, 0.2) is 246 Å². The molecule has 10 aromatic carbocycles. The van der Waals surface area contributed by atoms with Gasteiger partial charge in [-0.05, 0) is 104 Å². The third-order valence-corrected chi connectivity index (χ3v) is 15.6. The molecule has 0 unspecified atom stereocenters. The molecule has 3 heteroatoms. The van der Waals surface area contributed by atoms with Crippen molar-refractivity contribution in [2.75, 3.05) is 4.90 Å². The molecule has 0 atom stereocenters. The van der Waals surface area contributed by atoms with Gasteiger partial charge in [0.1, 0.15) is 11.5 Å². The zero-order valence-corrected chi connectivity index (χ0v) is 36.1. The molecule has 14 rings (SSSR count). The molecule has 304 valence electrons. The maximum atomic E-state index is 6.75. The Hall–Kier alpha value is -7.85. The highest BCUT2D eigenvalue weighted by molar-refractivity contribution is 7.99. The Labute approximate surface area is 383 Å². The van der Waals surface area contributed by atoms with Crippen LogP contribution in [-0.2, 0) is 10.8 Å². The lowest BCUT2D eigenvalue weighted by Gasteiger charge is -2.42. The molecule has 0 bridgehead atoms. The number of anilines is 3. The highest BCUT2D eigenvalue weighted by Crippen LogP contribution is 2.67. The summed E-state index contributed by atoms with van der Waals surface area (Å²) in [6.07, 6.45) is 0. The van der Waals surface area contributed by atoms with Gasteiger partial charge >= 0.3 is 0 Å². The average Bonchev–Trinajstić information content (AvgIpc) is 3.84. The number of nitrogens with zero attached hydrogens (tertiary/aromatic N) is 1. The van der Waals surface area contributed by atoms with E-state index in [-0.39, 0.29) is 0 Å². The van der Waals surface area contributed by atoms with Crippen LogP contribution in [0.5, 0.6) is 11.5 Å². The van der Waals surface area contributed by atoms with Gasteiger partial charge in [-0.25, -0.2) is 0 Å². The van der Waals surface area contributed by atoms with Gasteiger partial charge in [-0.15, -0.1) is 0 Å². The molecule has 0 saturated carbocycles. The van der Waals surface area contributed by atoms with E-state index in [1.807, 2.05) is 11.8 Å². The largest absolute Gasteiger partial charge is 0.457 e. The highest BCUT2D eigenvalue weighted by atomic mass is 32.2. The van der Waals surface area contributed by atoms with Gasteiger partial charge in [0.2, 0.25) is 0 Å². The predicted molar refractivity (Wildman–Crippen MR) is 265 cm³/mol. The van der Waals surface area contributed by atoms with Crippen LogP contribution in [0.3, 0.4) is 0 Å². The van der Waals surface area contributed by atoms with E-state index >= 15 is 0 Å². The molecular formula is C62H39NOS. The van der Waals surface area contributed by atoms with Crippen LogP contribution >= 0.6 is 11.8 Å². The van der Waals surface area contributed by atoms with Crippen LogP contribution in [0.25, 0.3) is 33.4 Å². The van der Waals surface area contributed by atoms with Gasteiger partial charge in [0, 0.05) is 37.7 Å². The fraction of sp³-hybridized carbons (Fsp3) is 0.0323. The Kier molecular flexibility index (Phi) is 7.79. The Balaban J connectivity index is 1.11. The topological polar surface area (TPSA) is 12.5 Å². The molecule has 0 amide bonds. The van der Waals surface area contributed by atoms with Gasteiger partial charge in [-0.1, -0.05) is 200 Å². The summed E-state index contributed by atoms with van der Waals surface area (Å²) in [5, 5.41) is 0. The van der Waals surface area contributed by atoms with Crippen molar-refractivity contribution in [2.24, 2.45) is 0 Å². The van der Waals surface area contributed by atoms with Gasteiger partial charge < -0.3 is 9.64 Å². The van der Waals surface area contributed by atoms with Gasteiger partial charge in [-0.2, -0.15) is 0 Å². The molecule has 10 aromatic rings. The molecule has 0 fully saturated rings. The van der Waals surface area contributed by atoms with Crippen molar-refractivity contribution in [2.45, 2.75) is 20.6 Å². The molecule has 2 spiro atoms. The van der Waals surface area contributed by atoms with Crippen LogP contribution in [0.1, 0.15) is 44.5 Å². The molecule has 2 aliphatic heterocycles. The van der Waals surface area contributed by atoms with E-state index in [1.165, 1.54) is 76.6 Å². The van der Waals surface area contributed by atoms with Crippen LogP contribution in [0.2, 0.25) is 0 Å².